The van der Waals surface area contributed by atoms with Crippen molar-refractivity contribution < 1.29 is 8.42 Å². The Hall–Kier alpha value is -1.57. The number of nitrogens with one attached hydrogen (secondary N) is 2. The van der Waals surface area contributed by atoms with Gasteiger partial charge in [-0.25, -0.2) is 18.4 Å². The SMILES string of the molecule is CNc1ncc(S(=O)(=O)Nc2ccc(Cl)c(Cl)c2)cn1. The largest absolute Gasteiger partial charge is 0.357 e. The van der Waals surface area contributed by atoms with Crippen LogP contribution in [0.15, 0.2) is 35.5 Å². The summed E-state index contributed by atoms with van der Waals surface area (Å²) in [4.78, 5) is 7.64. The fourth-order valence-corrected chi connectivity index (χ4v) is 2.59. The molecule has 0 amide bonds. The van der Waals surface area contributed by atoms with Gasteiger partial charge in [0.05, 0.1) is 28.1 Å². The van der Waals surface area contributed by atoms with Crippen LogP contribution in [0.3, 0.4) is 0 Å². The fraction of sp³-hybridized carbons (Fsp3) is 0.0909. The molecule has 0 atom stereocenters. The molecule has 0 fully saturated rings. The highest BCUT2D eigenvalue weighted by molar-refractivity contribution is 7.92. The molecule has 1 heterocycles. The van der Waals surface area contributed by atoms with Crippen molar-refractivity contribution in [3.63, 3.8) is 0 Å². The third-order valence-corrected chi connectivity index (χ3v) is 4.41. The summed E-state index contributed by atoms with van der Waals surface area (Å²) in [5.41, 5.74) is 0.303. The molecule has 9 heteroatoms. The Kier molecular flexibility index (Phi) is 4.32. The number of benzene rings is 1. The molecular weight excluding hydrogens is 323 g/mol. The first-order chi connectivity index (χ1) is 9.42. The second-order valence-electron chi connectivity index (χ2n) is 3.73. The minimum Gasteiger partial charge on any atom is -0.357 e. The number of hydrogen-bond donors (Lipinski definition) is 2. The van der Waals surface area contributed by atoms with Crippen molar-refractivity contribution in [2.24, 2.45) is 0 Å². The van der Waals surface area contributed by atoms with E-state index in [0.717, 1.165) is 0 Å². The molecule has 0 saturated heterocycles. The highest BCUT2D eigenvalue weighted by Gasteiger charge is 2.16. The van der Waals surface area contributed by atoms with Gasteiger partial charge in [-0.1, -0.05) is 23.2 Å². The van der Waals surface area contributed by atoms with Crippen molar-refractivity contribution in [1.82, 2.24) is 9.97 Å². The van der Waals surface area contributed by atoms with E-state index in [1.165, 1.54) is 30.6 Å². The number of anilines is 2. The van der Waals surface area contributed by atoms with Gasteiger partial charge in [-0.3, -0.25) is 4.72 Å². The lowest BCUT2D eigenvalue weighted by molar-refractivity contribution is 0.600. The number of rotatable bonds is 4. The number of sulfonamides is 1. The van der Waals surface area contributed by atoms with Gasteiger partial charge in [-0.15, -0.1) is 0 Å². The molecule has 0 spiro atoms. The van der Waals surface area contributed by atoms with Crippen LogP contribution in [0, 0.1) is 0 Å². The number of aromatic nitrogens is 2. The van der Waals surface area contributed by atoms with Crippen LogP contribution in [-0.2, 0) is 10.0 Å². The highest BCUT2D eigenvalue weighted by atomic mass is 35.5. The first-order valence-corrected chi connectivity index (χ1v) is 7.64. The molecule has 1 aromatic heterocycles. The third kappa shape index (κ3) is 3.30. The van der Waals surface area contributed by atoms with E-state index in [1.54, 1.807) is 7.05 Å². The van der Waals surface area contributed by atoms with Crippen molar-refractivity contribution in [2.75, 3.05) is 17.1 Å². The van der Waals surface area contributed by atoms with Gasteiger partial charge in [0.2, 0.25) is 5.95 Å². The van der Waals surface area contributed by atoms with Crippen LogP contribution >= 0.6 is 23.2 Å². The summed E-state index contributed by atoms with van der Waals surface area (Å²) in [6, 6.07) is 4.43. The first-order valence-electron chi connectivity index (χ1n) is 5.40. The van der Waals surface area contributed by atoms with E-state index >= 15 is 0 Å². The normalized spacial score (nSPS) is 11.2. The minimum absolute atomic E-state index is 0.0532. The summed E-state index contributed by atoms with van der Waals surface area (Å²) in [5, 5.41) is 3.30. The average molecular weight is 333 g/mol. The average Bonchev–Trinajstić information content (AvgIpc) is 2.43. The summed E-state index contributed by atoms with van der Waals surface area (Å²) in [7, 11) is -2.14. The summed E-state index contributed by atoms with van der Waals surface area (Å²) in [5.74, 6) is 0.332. The van der Waals surface area contributed by atoms with Gasteiger partial charge >= 0.3 is 0 Å². The molecule has 0 aliphatic heterocycles. The Morgan fingerprint density at radius 3 is 2.30 bits per heavy atom. The Labute approximate surface area is 126 Å². The topological polar surface area (TPSA) is 84.0 Å². The zero-order chi connectivity index (χ0) is 14.8. The zero-order valence-electron chi connectivity index (χ0n) is 10.3. The van der Waals surface area contributed by atoms with Crippen LogP contribution in [0.5, 0.6) is 0 Å². The van der Waals surface area contributed by atoms with Gasteiger partial charge < -0.3 is 5.32 Å². The molecular formula is C11H10Cl2N4O2S. The molecule has 0 saturated carbocycles. The lowest BCUT2D eigenvalue weighted by Crippen LogP contribution is -2.14. The van der Waals surface area contributed by atoms with E-state index in [9.17, 15) is 8.42 Å². The molecule has 0 aliphatic carbocycles. The molecule has 2 rings (SSSR count). The Morgan fingerprint density at radius 1 is 1.10 bits per heavy atom. The Morgan fingerprint density at radius 2 is 1.75 bits per heavy atom. The maximum absolute atomic E-state index is 12.1. The third-order valence-electron chi connectivity index (χ3n) is 2.33. The van der Waals surface area contributed by atoms with Crippen molar-refractivity contribution in [3.8, 4) is 0 Å². The Balaban J connectivity index is 2.27. The first kappa shape index (κ1) is 14.8. The van der Waals surface area contributed by atoms with Gasteiger partial charge in [0.25, 0.3) is 10.0 Å². The lowest BCUT2D eigenvalue weighted by atomic mass is 10.3. The van der Waals surface area contributed by atoms with Gasteiger partial charge in [-0.2, -0.15) is 0 Å². The predicted octanol–water partition coefficient (Wildman–Crippen LogP) is 2.63. The molecule has 6 nitrogen and oxygen atoms in total. The van der Waals surface area contributed by atoms with Crippen molar-refractivity contribution in [2.45, 2.75) is 4.90 Å². The number of hydrogen-bond acceptors (Lipinski definition) is 5. The van der Waals surface area contributed by atoms with E-state index < -0.39 is 10.0 Å². The standard InChI is InChI=1S/C11H10Cl2N4O2S/c1-14-11-15-5-8(6-16-11)20(18,19)17-7-2-3-9(12)10(13)4-7/h2-6,17H,1H3,(H,14,15,16). The van der Waals surface area contributed by atoms with E-state index in [2.05, 4.69) is 20.0 Å². The second-order valence-corrected chi connectivity index (χ2v) is 6.22. The quantitative estimate of drug-likeness (QED) is 0.899. The molecule has 2 aromatic rings. The molecule has 106 valence electrons. The smallest absolute Gasteiger partial charge is 0.264 e. The maximum atomic E-state index is 12.1. The summed E-state index contributed by atoms with van der Waals surface area (Å²) < 4.78 is 26.6. The molecule has 20 heavy (non-hydrogen) atoms. The van der Waals surface area contributed by atoms with Gasteiger partial charge in [0.15, 0.2) is 0 Å². The van der Waals surface area contributed by atoms with Crippen LogP contribution < -0.4 is 10.0 Å². The molecule has 0 radical (unpaired) electrons. The second kappa shape index (κ2) is 5.82. The maximum Gasteiger partial charge on any atom is 0.264 e. The predicted molar refractivity (Wildman–Crippen MR) is 78.8 cm³/mol. The van der Waals surface area contributed by atoms with Gasteiger partial charge in [0, 0.05) is 7.05 Å². The van der Waals surface area contributed by atoms with Crippen LogP contribution in [0.2, 0.25) is 10.0 Å². The van der Waals surface area contributed by atoms with Crippen LogP contribution in [0.25, 0.3) is 0 Å². The summed E-state index contributed by atoms with van der Waals surface area (Å²) in [6.07, 6.45) is 2.41. The summed E-state index contributed by atoms with van der Waals surface area (Å²) in [6.45, 7) is 0. The summed E-state index contributed by atoms with van der Waals surface area (Å²) >= 11 is 11.6. The van der Waals surface area contributed by atoms with E-state index in [0.29, 0.717) is 16.7 Å². The van der Waals surface area contributed by atoms with Crippen molar-refractivity contribution >= 4 is 44.9 Å². The molecule has 2 N–H and O–H groups in total. The fourth-order valence-electron chi connectivity index (χ4n) is 1.36. The Bertz CT molecular complexity index is 720. The highest BCUT2D eigenvalue weighted by Crippen LogP contribution is 2.26. The van der Waals surface area contributed by atoms with Gasteiger partial charge in [-0.05, 0) is 18.2 Å². The monoisotopic (exact) mass is 332 g/mol. The van der Waals surface area contributed by atoms with Crippen LogP contribution in [-0.4, -0.2) is 25.4 Å². The molecule has 0 aliphatic rings. The molecule has 0 bridgehead atoms. The number of halogens is 2. The van der Waals surface area contributed by atoms with E-state index in [4.69, 9.17) is 23.2 Å². The molecule has 1 aromatic carbocycles. The van der Waals surface area contributed by atoms with Crippen molar-refractivity contribution in [3.05, 3.63) is 40.6 Å². The van der Waals surface area contributed by atoms with Crippen molar-refractivity contribution in [1.29, 1.82) is 0 Å². The number of nitrogens with zero attached hydrogens (tertiary/aromatic N) is 2. The van der Waals surface area contributed by atoms with E-state index in [-0.39, 0.29) is 9.92 Å². The minimum atomic E-state index is -3.77. The lowest BCUT2D eigenvalue weighted by Gasteiger charge is -2.08. The van der Waals surface area contributed by atoms with Crippen LogP contribution in [0.4, 0.5) is 11.6 Å². The zero-order valence-corrected chi connectivity index (χ0v) is 12.6. The van der Waals surface area contributed by atoms with E-state index in [1.807, 2.05) is 0 Å². The van der Waals surface area contributed by atoms with Gasteiger partial charge in [0.1, 0.15) is 4.90 Å². The molecule has 0 unspecified atom stereocenters. The van der Waals surface area contributed by atoms with Crippen LogP contribution in [0.1, 0.15) is 0 Å².